The third-order valence-corrected chi connectivity index (χ3v) is 4.63. The van der Waals surface area contributed by atoms with E-state index in [9.17, 15) is 9.90 Å². The fourth-order valence-corrected chi connectivity index (χ4v) is 3.23. The van der Waals surface area contributed by atoms with Gasteiger partial charge in [0.25, 0.3) is 0 Å². The van der Waals surface area contributed by atoms with Gasteiger partial charge in [-0.1, -0.05) is 6.07 Å². The second-order valence-corrected chi connectivity index (χ2v) is 6.32. The van der Waals surface area contributed by atoms with E-state index in [1.807, 2.05) is 12.1 Å². The first-order valence-electron chi connectivity index (χ1n) is 9.08. The van der Waals surface area contributed by atoms with E-state index in [0.29, 0.717) is 34.3 Å². The van der Waals surface area contributed by atoms with Crippen molar-refractivity contribution < 1.29 is 33.6 Å². The van der Waals surface area contributed by atoms with Crippen LogP contribution in [0.2, 0.25) is 0 Å². The standard InChI is InChI=1S/C22H23NO7.ClH/c1-26-16-6-5-14(10-17(16)27-2)22(30-12-20(24)25)21-15-11-19(29-4)18(28-3)9-13(15)7-8-23-21;/h5-11,22H,12H2,1-4H3,(H,24,25);1H. The molecule has 8 nitrogen and oxygen atoms in total. The van der Waals surface area contributed by atoms with Gasteiger partial charge in [0.05, 0.1) is 34.1 Å². The zero-order chi connectivity index (χ0) is 21.7. The molecular formula is C22H24ClNO7. The Morgan fingerprint density at radius 1 is 0.903 bits per heavy atom. The van der Waals surface area contributed by atoms with Gasteiger partial charge in [-0.3, -0.25) is 4.98 Å². The van der Waals surface area contributed by atoms with Crippen molar-refractivity contribution in [3.8, 4) is 23.0 Å². The molecule has 0 bridgehead atoms. The molecule has 3 aromatic rings. The highest BCUT2D eigenvalue weighted by Gasteiger charge is 2.23. The van der Waals surface area contributed by atoms with Crippen LogP contribution in [-0.2, 0) is 9.53 Å². The molecule has 0 aliphatic rings. The summed E-state index contributed by atoms with van der Waals surface area (Å²) in [5.74, 6) is 1.08. The SMILES string of the molecule is COc1ccc(C(OCC(=O)O)c2nccc3cc(OC)c(OC)cc23)cc1OC.Cl. The van der Waals surface area contributed by atoms with E-state index in [4.69, 9.17) is 23.7 Å². The molecule has 0 aliphatic heterocycles. The lowest BCUT2D eigenvalue weighted by Crippen LogP contribution is -2.15. The number of rotatable bonds is 9. The van der Waals surface area contributed by atoms with Crippen molar-refractivity contribution in [3.05, 3.63) is 53.9 Å². The highest BCUT2D eigenvalue weighted by molar-refractivity contribution is 5.88. The van der Waals surface area contributed by atoms with Crippen molar-refractivity contribution in [3.63, 3.8) is 0 Å². The van der Waals surface area contributed by atoms with Crippen molar-refractivity contribution in [2.45, 2.75) is 6.10 Å². The van der Waals surface area contributed by atoms with E-state index in [0.717, 1.165) is 10.8 Å². The fourth-order valence-electron chi connectivity index (χ4n) is 3.23. The molecule has 31 heavy (non-hydrogen) atoms. The first-order valence-corrected chi connectivity index (χ1v) is 9.08. The molecule has 9 heteroatoms. The summed E-state index contributed by atoms with van der Waals surface area (Å²) >= 11 is 0. The Bertz CT molecular complexity index is 1060. The second kappa shape index (κ2) is 10.7. The van der Waals surface area contributed by atoms with Gasteiger partial charge < -0.3 is 28.8 Å². The lowest BCUT2D eigenvalue weighted by molar-refractivity contribution is -0.143. The third-order valence-electron chi connectivity index (χ3n) is 4.63. The number of pyridine rings is 1. The zero-order valence-corrected chi connectivity index (χ0v) is 18.4. The minimum atomic E-state index is -1.08. The van der Waals surface area contributed by atoms with Crippen molar-refractivity contribution >= 4 is 29.1 Å². The molecule has 1 N–H and O–H groups in total. The van der Waals surface area contributed by atoms with Crippen LogP contribution in [0.4, 0.5) is 0 Å². The van der Waals surface area contributed by atoms with Crippen LogP contribution in [0.5, 0.6) is 23.0 Å². The molecule has 2 aromatic carbocycles. The predicted octanol–water partition coefficient (Wildman–Crippen LogP) is 3.88. The summed E-state index contributed by atoms with van der Waals surface area (Å²) in [4.78, 5) is 15.7. The first-order chi connectivity index (χ1) is 14.5. The number of methoxy groups -OCH3 is 4. The summed E-state index contributed by atoms with van der Waals surface area (Å²) in [6.45, 7) is -0.496. The summed E-state index contributed by atoms with van der Waals surface area (Å²) in [6.07, 6.45) is 0.879. The predicted molar refractivity (Wildman–Crippen MR) is 117 cm³/mol. The number of carboxylic acid groups (broad SMARTS) is 1. The molecule has 0 aliphatic carbocycles. The zero-order valence-electron chi connectivity index (χ0n) is 17.6. The average Bonchev–Trinajstić information content (AvgIpc) is 2.77. The number of aliphatic carboxylic acids is 1. The molecule has 166 valence electrons. The summed E-state index contributed by atoms with van der Waals surface area (Å²) in [5.41, 5.74) is 1.21. The van der Waals surface area contributed by atoms with Gasteiger partial charge in [0, 0.05) is 11.6 Å². The first kappa shape index (κ1) is 24.0. The summed E-state index contributed by atoms with van der Waals surface area (Å²) in [5, 5.41) is 10.8. The molecule has 0 radical (unpaired) electrons. The molecule has 0 saturated carbocycles. The van der Waals surface area contributed by atoms with Crippen LogP contribution in [-0.4, -0.2) is 51.1 Å². The highest BCUT2D eigenvalue weighted by atomic mass is 35.5. The maximum absolute atomic E-state index is 11.2. The van der Waals surface area contributed by atoms with Crippen molar-refractivity contribution in [1.82, 2.24) is 4.98 Å². The lowest BCUT2D eigenvalue weighted by atomic mass is 9.99. The van der Waals surface area contributed by atoms with Gasteiger partial charge in [-0.05, 0) is 41.3 Å². The lowest BCUT2D eigenvalue weighted by Gasteiger charge is -2.20. The molecule has 0 spiro atoms. The topological polar surface area (TPSA) is 96.3 Å². The van der Waals surface area contributed by atoms with Crippen LogP contribution in [0, 0.1) is 0 Å². The van der Waals surface area contributed by atoms with Gasteiger partial charge in [-0.2, -0.15) is 0 Å². The smallest absolute Gasteiger partial charge is 0.329 e. The van der Waals surface area contributed by atoms with E-state index in [1.165, 1.54) is 7.11 Å². The highest BCUT2D eigenvalue weighted by Crippen LogP contribution is 2.38. The Balaban J connectivity index is 0.00000341. The molecule has 0 saturated heterocycles. The number of carboxylic acids is 1. The van der Waals surface area contributed by atoms with Crippen LogP contribution in [0.25, 0.3) is 10.8 Å². The van der Waals surface area contributed by atoms with Gasteiger partial charge in [0.15, 0.2) is 23.0 Å². The average molecular weight is 450 g/mol. The van der Waals surface area contributed by atoms with Crippen LogP contribution in [0.3, 0.4) is 0 Å². The summed E-state index contributed by atoms with van der Waals surface area (Å²) < 4.78 is 27.2. The molecule has 0 fully saturated rings. The Kier molecular flexibility index (Phi) is 8.30. The number of halogens is 1. The number of ether oxygens (including phenoxy) is 5. The number of fused-ring (bicyclic) bond motifs is 1. The molecule has 1 unspecified atom stereocenters. The van der Waals surface area contributed by atoms with E-state index in [2.05, 4.69) is 4.98 Å². The van der Waals surface area contributed by atoms with E-state index in [-0.39, 0.29) is 12.4 Å². The quantitative estimate of drug-likeness (QED) is 0.525. The van der Waals surface area contributed by atoms with E-state index >= 15 is 0 Å². The normalized spacial score (nSPS) is 11.4. The monoisotopic (exact) mass is 449 g/mol. The van der Waals surface area contributed by atoms with Gasteiger partial charge in [0.1, 0.15) is 12.7 Å². The molecule has 0 amide bonds. The number of carbonyl (C=O) groups is 1. The van der Waals surface area contributed by atoms with Crippen molar-refractivity contribution in [2.24, 2.45) is 0 Å². The van der Waals surface area contributed by atoms with Crippen molar-refractivity contribution in [2.75, 3.05) is 35.0 Å². The molecule has 1 heterocycles. The molecule has 1 aromatic heterocycles. The van der Waals surface area contributed by atoms with E-state index < -0.39 is 18.7 Å². The summed E-state index contributed by atoms with van der Waals surface area (Å²) in [6, 6.07) is 10.7. The van der Waals surface area contributed by atoms with Crippen LogP contribution < -0.4 is 18.9 Å². The molecule has 1 atom stereocenters. The number of hydrogen-bond acceptors (Lipinski definition) is 7. The van der Waals surface area contributed by atoms with Crippen LogP contribution in [0.1, 0.15) is 17.4 Å². The van der Waals surface area contributed by atoms with Gasteiger partial charge in [0.2, 0.25) is 0 Å². The number of hydrogen-bond donors (Lipinski definition) is 1. The second-order valence-electron chi connectivity index (χ2n) is 6.32. The minimum absolute atomic E-state index is 0. The van der Waals surface area contributed by atoms with E-state index in [1.54, 1.807) is 51.8 Å². The fraction of sp³-hybridized carbons (Fsp3) is 0.273. The molecule has 3 rings (SSSR count). The Morgan fingerprint density at radius 3 is 2.13 bits per heavy atom. The minimum Gasteiger partial charge on any atom is -0.493 e. The number of benzene rings is 2. The maximum atomic E-state index is 11.2. The Hall–Kier alpha value is -3.23. The van der Waals surface area contributed by atoms with Crippen molar-refractivity contribution in [1.29, 1.82) is 0 Å². The molecular weight excluding hydrogens is 426 g/mol. The number of aromatic nitrogens is 1. The van der Waals surface area contributed by atoms with Gasteiger partial charge in [-0.15, -0.1) is 12.4 Å². The van der Waals surface area contributed by atoms with Gasteiger partial charge >= 0.3 is 5.97 Å². The third kappa shape index (κ3) is 5.10. The van der Waals surface area contributed by atoms with Crippen LogP contribution in [0.15, 0.2) is 42.6 Å². The number of nitrogens with zero attached hydrogens (tertiary/aromatic N) is 1. The Labute approximate surface area is 186 Å². The van der Waals surface area contributed by atoms with Crippen LogP contribution >= 0.6 is 12.4 Å². The van der Waals surface area contributed by atoms with Gasteiger partial charge in [-0.25, -0.2) is 4.79 Å². The summed E-state index contributed by atoms with van der Waals surface area (Å²) in [7, 11) is 6.19. The largest absolute Gasteiger partial charge is 0.493 e. The maximum Gasteiger partial charge on any atom is 0.329 e. The Morgan fingerprint density at radius 2 is 1.52 bits per heavy atom.